The molecule has 1 N–H and O–H groups in total. The van der Waals surface area contributed by atoms with Crippen molar-refractivity contribution in [2.75, 3.05) is 0 Å². The Morgan fingerprint density at radius 1 is 1.07 bits per heavy atom. The van der Waals surface area contributed by atoms with Crippen LogP contribution in [0.4, 0.5) is 5.69 Å². The van der Waals surface area contributed by atoms with E-state index < -0.39 is 4.92 Å². The number of benzene rings is 3. The van der Waals surface area contributed by atoms with Crippen LogP contribution >= 0.6 is 11.8 Å². The van der Waals surface area contributed by atoms with Gasteiger partial charge in [-0.05, 0) is 37.3 Å². The van der Waals surface area contributed by atoms with Crippen LogP contribution in [-0.4, -0.2) is 17.0 Å². The van der Waals surface area contributed by atoms with Gasteiger partial charge < -0.3 is 0 Å². The van der Waals surface area contributed by atoms with Gasteiger partial charge in [0, 0.05) is 22.1 Å². The van der Waals surface area contributed by atoms with Gasteiger partial charge in [0.2, 0.25) is 0 Å². The number of carbonyl (C=O) groups is 1. The Kier molecular flexibility index (Phi) is 6.18. The second-order valence-corrected chi connectivity index (χ2v) is 7.08. The van der Waals surface area contributed by atoms with Gasteiger partial charge in [-0.2, -0.15) is 5.10 Å². The van der Waals surface area contributed by atoms with Crippen molar-refractivity contribution in [1.29, 1.82) is 0 Å². The predicted octanol–water partition coefficient (Wildman–Crippen LogP) is 4.82. The van der Waals surface area contributed by atoms with E-state index in [4.69, 9.17) is 0 Å². The van der Waals surface area contributed by atoms with Crippen molar-refractivity contribution in [1.82, 2.24) is 5.43 Å². The molecule has 7 heteroatoms. The van der Waals surface area contributed by atoms with Gasteiger partial charge in [-0.1, -0.05) is 53.7 Å². The standard InChI is InChI=1S/C21H17N3O3S/c1-15-7-10-18(11-8-15)28-20-12-9-16(13-19(20)24(26)27)14-22-23-21(25)17-5-3-2-4-6-17/h2-14H,1H3,(H,23,25)/b22-14+. The molecule has 28 heavy (non-hydrogen) atoms. The summed E-state index contributed by atoms with van der Waals surface area (Å²) in [6, 6.07) is 21.3. The van der Waals surface area contributed by atoms with E-state index in [1.165, 1.54) is 24.0 Å². The van der Waals surface area contributed by atoms with Gasteiger partial charge in [0.15, 0.2) is 0 Å². The monoisotopic (exact) mass is 391 g/mol. The molecule has 0 unspecified atom stereocenters. The van der Waals surface area contributed by atoms with Gasteiger partial charge in [-0.15, -0.1) is 0 Å². The minimum atomic E-state index is -0.420. The normalized spacial score (nSPS) is 10.8. The topological polar surface area (TPSA) is 84.6 Å². The highest BCUT2D eigenvalue weighted by atomic mass is 32.2. The molecule has 0 fully saturated rings. The third-order valence-electron chi connectivity index (χ3n) is 3.84. The fraction of sp³-hybridized carbons (Fsp3) is 0.0476. The Bertz CT molecular complexity index is 1020. The number of rotatable bonds is 6. The maximum atomic E-state index is 12.0. The first-order valence-electron chi connectivity index (χ1n) is 8.44. The lowest BCUT2D eigenvalue weighted by molar-refractivity contribution is -0.387. The van der Waals surface area contributed by atoms with E-state index in [2.05, 4.69) is 10.5 Å². The molecule has 0 spiro atoms. The number of nitro benzene ring substituents is 1. The summed E-state index contributed by atoms with van der Waals surface area (Å²) >= 11 is 1.33. The van der Waals surface area contributed by atoms with Crippen LogP contribution in [0.25, 0.3) is 0 Å². The highest BCUT2D eigenvalue weighted by molar-refractivity contribution is 7.99. The SMILES string of the molecule is Cc1ccc(Sc2ccc(/C=N/NC(=O)c3ccccc3)cc2[N+](=O)[O-])cc1. The lowest BCUT2D eigenvalue weighted by atomic mass is 10.2. The van der Waals surface area contributed by atoms with Crippen LogP contribution in [0.15, 0.2) is 87.7 Å². The molecule has 0 saturated carbocycles. The van der Waals surface area contributed by atoms with Crippen molar-refractivity contribution < 1.29 is 9.72 Å². The second kappa shape index (κ2) is 8.96. The average Bonchev–Trinajstić information content (AvgIpc) is 2.71. The van der Waals surface area contributed by atoms with E-state index >= 15 is 0 Å². The van der Waals surface area contributed by atoms with Crippen molar-refractivity contribution in [3.8, 4) is 0 Å². The quantitative estimate of drug-likeness (QED) is 0.371. The largest absolute Gasteiger partial charge is 0.283 e. The van der Waals surface area contributed by atoms with Gasteiger partial charge in [0.25, 0.3) is 11.6 Å². The van der Waals surface area contributed by atoms with E-state index in [9.17, 15) is 14.9 Å². The molecule has 0 aromatic heterocycles. The van der Waals surface area contributed by atoms with Crippen LogP contribution in [0.5, 0.6) is 0 Å². The maximum Gasteiger partial charge on any atom is 0.283 e. The number of carbonyl (C=O) groups excluding carboxylic acids is 1. The zero-order valence-electron chi connectivity index (χ0n) is 15.0. The highest BCUT2D eigenvalue weighted by Crippen LogP contribution is 2.35. The number of hydrogen-bond donors (Lipinski definition) is 1. The summed E-state index contributed by atoms with van der Waals surface area (Å²) < 4.78 is 0. The third kappa shape index (κ3) is 5.05. The van der Waals surface area contributed by atoms with Crippen molar-refractivity contribution in [3.05, 3.63) is 99.6 Å². The summed E-state index contributed by atoms with van der Waals surface area (Å²) in [6.07, 6.45) is 1.38. The molecular weight excluding hydrogens is 374 g/mol. The summed E-state index contributed by atoms with van der Waals surface area (Å²) in [5.41, 5.74) is 4.53. The van der Waals surface area contributed by atoms with Crippen LogP contribution in [0.2, 0.25) is 0 Å². The first-order chi connectivity index (χ1) is 13.5. The molecule has 1 amide bonds. The molecule has 0 aliphatic carbocycles. The number of hydrazone groups is 1. The minimum Gasteiger partial charge on any atom is -0.267 e. The molecular formula is C21H17N3O3S. The first-order valence-corrected chi connectivity index (χ1v) is 9.26. The van der Waals surface area contributed by atoms with Crippen LogP contribution in [0.1, 0.15) is 21.5 Å². The molecule has 0 atom stereocenters. The smallest absolute Gasteiger partial charge is 0.267 e. The lowest BCUT2D eigenvalue weighted by Gasteiger charge is -2.05. The fourth-order valence-corrected chi connectivity index (χ4v) is 3.30. The molecule has 140 valence electrons. The third-order valence-corrected chi connectivity index (χ3v) is 4.92. The Balaban J connectivity index is 1.74. The number of hydrogen-bond acceptors (Lipinski definition) is 5. The van der Waals surface area contributed by atoms with E-state index in [1.54, 1.807) is 36.4 Å². The second-order valence-electron chi connectivity index (χ2n) is 5.96. The first kappa shape index (κ1) is 19.3. The number of amides is 1. The average molecular weight is 391 g/mol. The minimum absolute atomic E-state index is 0.0103. The highest BCUT2D eigenvalue weighted by Gasteiger charge is 2.15. The number of aryl methyl sites for hydroxylation is 1. The molecule has 3 rings (SSSR count). The number of nitrogens with zero attached hydrogens (tertiary/aromatic N) is 2. The zero-order valence-corrected chi connectivity index (χ0v) is 15.8. The molecule has 6 nitrogen and oxygen atoms in total. The Morgan fingerprint density at radius 3 is 2.46 bits per heavy atom. The Hall–Kier alpha value is -3.45. The number of nitro groups is 1. The lowest BCUT2D eigenvalue weighted by Crippen LogP contribution is -2.17. The Morgan fingerprint density at radius 2 is 1.79 bits per heavy atom. The van der Waals surface area contributed by atoms with Gasteiger partial charge in [0.1, 0.15) is 0 Å². The van der Waals surface area contributed by atoms with Gasteiger partial charge in [-0.3, -0.25) is 14.9 Å². The predicted molar refractivity (Wildman–Crippen MR) is 110 cm³/mol. The van der Waals surface area contributed by atoms with Gasteiger partial charge >= 0.3 is 0 Å². The van der Waals surface area contributed by atoms with E-state index in [-0.39, 0.29) is 11.6 Å². The molecule has 0 bridgehead atoms. The van der Waals surface area contributed by atoms with Crippen LogP contribution in [0, 0.1) is 17.0 Å². The summed E-state index contributed by atoms with van der Waals surface area (Å²) in [7, 11) is 0. The zero-order chi connectivity index (χ0) is 19.9. The summed E-state index contributed by atoms with van der Waals surface area (Å²) in [5.74, 6) is -0.349. The molecule has 0 aliphatic rings. The molecule has 0 heterocycles. The molecule has 3 aromatic rings. The van der Waals surface area contributed by atoms with Crippen molar-refractivity contribution in [2.45, 2.75) is 16.7 Å². The van der Waals surface area contributed by atoms with Crippen LogP contribution in [0.3, 0.4) is 0 Å². The molecule has 0 aliphatic heterocycles. The van der Waals surface area contributed by atoms with E-state index in [0.717, 1.165) is 10.5 Å². The van der Waals surface area contributed by atoms with Crippen LogP contribution < -0.4 is 5.43 Å². The summed E-state index contributed by atoms with van der Waals surface area (Å²) in [6.45, 7) is 1.99. The summed E-state index contributed by atoms with van der Waals surface area (Å²) in [5, 5.41) is 15.4. The van der Waals surface area contributed by atoms with Crippen molar-refractivity contribution in [3.63, 3.8) is 0 Å². The van der Waals surface area contributed by atoms with Crippen molar-refractivity contribution >= 4 is 29.6 Å². The van der Waals surface area contributed by atoms with Crippen LogP contribution in [-0.2, 0) is 0 Å². The van der Waals surface area contributed by atoms with Gasteiger partial charge in [-0.25, -0.2) is 5.43 Å². The van der Waals surface area contributed by atoms with E-state index in [1.807, 2.05) is 37.3 Å². The van der Waals surface area contributed by atoms with E-state index in [0.29, 0.717) is 16.0 Å². The Labute approximate surface area is 166 Å². The fourth-order valence-electron chi connectivity index (χ4n) is 2.40. The summed E-state index contributed by atoms with van der Waals surface area (Å²) in [4.78, 5) is 24.5. The molecule has 0 saturated heterocycles. The maximum absolute atomic E-state index is 12.0. The van der Waals surface area contributed by atoms with Crippen molar-refractivity contribution in [2.24, 2.45) is 5.10 Å². The van der Waals surface area contributed by atoms with Gasteiger partial charge in [0.05, 0.1) is 16.0 Å². The molecule has 3 aromatic carbocycles. The molecule has 0 radical (unpaired) electrons. The number of nitrogens with one attached hydrogen (secondary N) is 1.